The second-order valence-corrected chi connectivity index (χ2v) is 14.0. The van der Waals surface area contributed by atoms with Gasteiger partial charge in [-0.2, -0.15) is 4.31 Å². The van der Waals surface area contributed by atoms with Gasteiger partial charge in [0.05, 0.1) is 29.1 Å². The molecule has 2 atom stereocenters. The van der Waals surface area contributed by atoms with Gasteiger partial charge in [-0.25, -0.2) is 22.6 Å². The van der Waals surface area contributed by atoms with E-state index in [-0.39, 0.29) is 34.3 Å². The highest BCUT2D eigenvalue weighted by molar-refractivity contribution is 9.10. The number of halogens is 3. The number of carbonyl (C=O) groups is 1. The van der Waals surface area contributed by atoms with Gasteiger partial charge < -0.3 is 14.4 Å². The predicted octanol–water partition coefficient (Wildman–Crippen LogP) is 5.11. The molecule has 212 valence electrons. The molecule has 2 aromatic heterocycles. The average molecular weight is 672 g/mol. The summed E-state index contributed by atoms with van der Waals surface area (Å²) >= 11 is 10.4. The smallest absolute Gasteiger partial charge is 0.399 e. The van der Waals surface area contributed by atoms with Gasteiger partial charge in [-0.15, -0.1) is 11.3 Å². The Morgan fingerprint density at radius 1 is 1.23 bits per heavy atom. The summed E-state index contributed by atoms with van der Waals surface area (Å²) in [6.45, 7) is 3.19. The van der Waals surface area contributed by atoms with E-state index in [1.165, 1.54) is 38.9 Å². The van der Waals surface area contributed by atoms with Gasteiger partial charge in [0.1, 0.15) is 15.9 Å². The molecule has 0 bridgehead atoms. The van der Waals surface area contributed by atoms with Crippen LogP contribution in [0.1, 0.15) is 0 Å². The van der Waals surface area contributed by atoms with Crippen LogP contribution in [0, 0.1) is 23.6 Å². The average Bonchev–Trinajstić information content (AvgIpc) is 3.30. The monoisotopic (exact) mass is 670 g/mol. The molecule has 1 amide bonds. The van der Waals surface area contributed by atoms with Crippen molar-refractivity contribution < 1.29 is 27.1 Å². The molecule has 3 aliphatic rings. The minimum atomic E-state index is -3.74. The number of fused-ring (bicyclic) bond motifs is 1. The van der Waals surface area contributed by atoms with Gasteiger partial charge in [0.15, 0.2) is 5.06 Å². The van der Waals surface area contributed by atoms with Crippen molar-refractivity contribution in [3.8, 4) is 5.06 Å². The van der Waals surface area contributed by atoms with E-state index in [2.05, 4.69) is 20.9 Å². The third kappa shape index (κ3) is 5.47. The zero-order valence-corrected chi connectivity index (χ0v) is 25.1. The van der Waals surface area contributed by atoms with Crippen molar-refractivity contribution in [1.29, 1.82) is 0 Å². The molecular weight excluding hydrogens is 647 g/mol. The molecule has 1 aromatic carbocycles. The van der Waals surface area contributed by atoms with E-state index in [0.717, 1.165) is 0 Å². The number of morpholine rings is 1. The van der Waals surface area contributed by atoms with Crippen LogP contribution in [-0.2, 0) is 14.8 Å². The van der Waals surface area contributed by atoms with Gasteiger partial charge >= 0.3 is 6.09 Å². The summed E-state index contributed by atoms with van der Waals surface area (Å²) in [5.74, 6) is -0.218. The fourth-order valence-corrected chi connectivity index (χ4v) is 8.11. The summed E-state index contributed by atoms with van der Waals surface area (Å²) in [6, 6.07) is 9.70. The molecule has 2 aliphatic heterocycles. The first kappa shape index (κ1) is 27.9. The number of amides is 1. The number of piperidine rings is 1. The third-order valence-electron chi connectivity index (χ3n) is 7.64. The lowest BCUT2D eigenvalue weighted by atomic mass is 10.2. The number of nitrogens with zero attached hydrogens (tertiary/aromatic N) is 4. The van der Waals surface area contributed by atoms with Crippen LogP contribution in [0.5, 0.6) is 5.06 Å². The molecule has 14 heteroatoms. The minimum absolute atomic E-state index is 0.0550. The summed E-state index contributed by atoms with van der Waals surface area (Å²) in [4.78, 5) is 20.7. The Morgan fingerprint density at radius 3 is 2.62 bits per heavy atom. The van der Waals surface area contributed by atoms with Crippen molar-refractivity contribution in [3.63, 3.8) is 0 Å². The van der Waals surface area contributed by atoms with Gasteiger partial charge in [-0.05, 0) is 75.5 Å². The number of anilines is 2. The number of pyridine rings is 1. The Hall–Kier alpha value is -2.29. The van der Waals surface area contributed by atoms with Gasteiger partial charge in [-0.1, -0.05) is 11.6 Å². The Bertz CT molecular complexity index is 1510. The Labute approximate surface area is 248 Å². The van der Waals surface area contributed by atoms with Crippen molar-refractivity contribution in [2.75, 3.05) is 55.7 Å². The SMILES string of the molecule is O=C(Oc1cccs1)N(CC1C2CN(S(=O)(=O)c3cnc(Cl)c(Br)c3)CC12)c1ccc(N2CCOCC2)c(F)c1. The number of rotatable bonds is 7. The standard InChI is InChI=1S/C26H25BrClFN4O5S2/c27-21-11-17(12-30-25(21)28)40(35,36)32-13-18-19(14-32)20(18)15-33(26(34)38-24-2-1-9-39-24)16-3-4-23(22(29)10-16)31-5-7-37-8-6-31/h1-4,9-12,18-20H,5-8,13-15H2. The summed E-state index contributed by atoms with van der Waals surface area (Å²) in [6.07, 6.45) is 0.647. The van der Waals surface area contributed by atoms with E-state index in [4.69, 9.17) is 21.1 Å². The highest BCUT2D eigenvalue weighted by Crippen LogP contribution is 2.53. The molecule has 3 fully saturated rings. The van der Waals surface area contributed by atoms with Crippen molar-refractivity contribution >= 4 is 66.4 Å². The Balaban J connectivity index is 1.18. The van der Waals surface area contributed by atoms with Gasteiger partial charge in [-0.3, -0.25) is 4.90 Å². The first-order chi connectivity index (χ1) is 19.2. The second kappa shape index (κ2) is 11.2. The topological polar surface area (TPSA) is 92.3 Å². The number of hydrogen-bond donors (Lipinski definition) is 0. The number of aromatic nitrogens is 1. The lowest BCUT2D eigenvalue weighted by Gasteiger charge is -2.30. The Kier molecular flexibility index (Phi) is 7.79. The van der Waals surface area contributed by atoms with Crippen LogP contribution < -0.4 is 14.5 Å². The highest BCUT2D eigenvalue weighted by atomic mass is 79.9. The van der Waals surface area contributed by atoms with Crippen LogP contribution in [0.25, 0.3) is 0 Å². The van der Waals surface area contributed by atoms with E-state index >= 15 is 4.39 Å². The van der Waals surface area contributed by atoms with Crippen LogP contribution in [0.2, 0.25) is 5.15 Å². The molecule has 9 nitrogen and oxygen atoms in total. The molecule has 1 saturated carbocycles. The maximum Gasteiger partial charge on any atom is 0.420 e. The van der Waals surface area contributed by atoms with Gasteiger partial charge in [0.25, 0.3) is 0 Å². The molecule has 2 saturated heterocycles. The fraction of sp³-hybridized carbons (Fsp3) is 0.385. The Morgan fingerprint density at radius 2 is 1.98 bits per heavy atom. The molecule has 3 aromatic rings. The third-order valence-corrected chi connectivity index (χ3v) is 11.3. The van der Waals surface area contributed by atoms with Crippen LogP contribution >= 0.6 is 38.9 Å². The number of hydrogen-bond acceptors (Lipinski definition) is 8. The van der Waals surface area contributed by atoms with E-state index in [9.17, 15) is 13.2 Å². The summed E-state index contributed by atoms with van der Waals surface area (Å²) < 4.78 is 54.5. The zero-order valence-electron chi connectivity index (χ0n) is 21.1. The van der Waals surface area contributed by atoms with Crippen LogP contribution in [0.3, 0.4) is 0 Å². The number of carbonyl (C=O) groups excluding carboxylic acids is 1. The van der Waals surface area contributed by atoms with Crippen molar-refractivity contribution in [2.24, 2.45) is 17.8 Å². The number of sulfonamides is 1. The lowest BCUT2D eigenvalue weighted by Crippen LogP contribution is -2.39. The molecular formula is C26H25BrClFN4O5S2. The number of ether oxygens (including phenoxy) is 2. The van der Waals surface area contributed by atoms with Crippen LogP contribution in [-0.4, -0.2) is 69.7 Å². The van der Waals surface area contributed by atoms with Crippen molar-refractivity contribution in [1.82, 2.24) is 9.29 Å². The van der Waals surface area contributed by atoms with Crippen LogP contribution in [0.15, 0.2) is 57.3 Å². The van der Waals surface area contributed by atoms with Gasteiger partial charge in [0.2, 0.25) is 10.0 Å². The van der Waals surface area contributed by atoms with Crippen molar-refractivity contribution in [2.45, 2.75) is 4.90 Å². The first-order valence-corrected chi connectivity index (χ1v) is 16.2. The summed E-state index contributed by atoms with van der Waals surface area (Å²) in [5, 5.41) is 2.43. The molecule has 2 unspecified atom stereocenters. The molecule has 6 rings (SSSR count). The lowest BCUT2D eigenvalue weighted by molar-refractivity contribution is 0.122. The molecule has 40 heavy (non-hydrogen) atoms. The van der Waals surface area contributed by atoms with Gasteiger partial charge in [0, 0.05) is 38.9 Å². The maximum absolute atomic E-state index is 15.3. The van der Waals surface area contributed by atoms with Crippen LogP contribution in [0.4, 0.5) is 20.6 Å². The normalized spacial score (nSPS) is 22.7. The zero-order chi connectivity index (χ0) is 28.0. The predicted molar refractivity (Wildman–Crippen MR) is 153 cm³/mol. The summed E-state index contributed by atoms with van der Waals surface area (Å²) in [7, 11) is -3.74. The van der Waals surface area contributed by atoms with Crippen molar-refractivity contribution in [3.05, 3.63) is 63.4 Å². The summed E-state index contributed by atoms with van der Waals surface area (Å²) in [5.41, 5.74) is 0.855. The van der Waals surface area contributed by atoms with E-state index in [1.54, 1.807) is 29.6 Å². The molecule has 1 aliphatic carbocycles. The number of thiophene rings is 1. The second-order valence-electron chi connectivity index (χ2n) is 9.90. The quantitative estimate of drug-likeness (QED) is 0.323. The highest BCUT2D eigenvalue weighted by Gasteiger charge is 2.58. The molecule has 0 N–H and O–H groups in total. The molecule has 0 spiro atoms. The van der Waals surface area contributed by atoms with E-state index in [1.807, 2.05) is 4.90 Å². The number of benzene rings is 1. The molecule has 4 heterocycles. The van der Waals surface area contributed by atoms with E-state index in [0.29, 0.717) is 60.3 Å². The first-order valence-electron chi connectivity index (χ1n) is 12.7. The molecule has 0 radical (unpaired) electrons. The van der Waals surface area contributed by atoms with E-state index < -0.39 is 21.9 Å². The minimum Gasteiger partial charge on any atom is -0.399 e. The fourth-order valence-electron chi connectivity index (χ4n) is 5.45. The maximum atomic E-state index is 15.3. The largest absolute Gasteiger partial charge is 0.420 e.